The third-order valence-electron chi connectivity index (χ3n) is 2.36. The highest BCUT2D eigenvalue weighted by molar-refractivity contribution is 6.67. The van der Waals surface area contributed by atoms with Gasteiger partial charge in [-0.05, 0) is 42.8 Å². The lowest BCUT2D eigenvalue weighted by Gasteiger charge is -2.12. The monoisotopic (exact) mass is 282 g/mol. The molecule has 0 aliphatic carbocycles. The van der Waals surface area contributed by atoms with Crippen molar-refractivity contribution in [3.8, 4) is 5.75 Å². The van der Waals surface area contributed by atoms with Crippen LogP contribution in [0.5, 0.6) is 5.75 Å². The topological polar surface area (TPSA) is 52.6 Å². The zero-order valence-electron chi connectivity index (χ0n) is 10.6. The van der Waals surface area contributed by atoms with Crippen LogP contribution in [0.15, 0.2) is 36.9 Å². The lowest BCUT2D eigenvalue weighted by Crippen LogP contribution is -2.16. The molecule has 1 atom stereocenters. The average molecular weight is 283 g/mol. The highest BCUT2D eigenvalue weighted by atomic mass is 35.5. The summed E-state index contributed by atoms with van der Waals surface area (Å²) in [5.74, 6) is 0.182. The second-order valence-electron chi connectivity index (χ2n) is 3.89. The maximum Gasteiger partial charge on any atom is 0.330 e. The molecule has 102 valence electrons. The minimum Gasteiger partial charge on any atom is -0.493 e. The van der Waals surface area contributed by atoms with E-state index in [0.29, 0.717) is 24.3 Å². The standard InChI is InChI=1S/C14H15ClO4/c1-3-13(16)19-10(2)8-9-18-12-6-4-11(5-7-12)14(15)17/h3-7,10H,1,8-9H2,2H3. The SMILES string of the molecule is C=CC(=O)OC(C)CCOc1ccc(C(=O)Cl)cc1. The summed E-state index contributed by atoms with van der Waals surface area (Å²) < 4.78 is 10.4. The minimum atomic E-state index is -0.503. The van der Waals surface area contributed by atoms with Crippen molar-refractivity contribution < 1.29 is 19.1 Å². The van der Waals surface area contributed by atoms with Gasteiger partial charge in [0.05, 0.1) is 6.61 Å². The fraction of sp³-hybridized carbons (Fsp3) is 0.286. The number of ether oxygens (including phenoxy) is 2. The van der Waals surface area contributed by atoms with E-state index in [1.165, 1.54) is 0 Å². The van der Waals surface area contributed by atoms with E-state index in [1.54, 1.807) is 31.2 Å². The van der Waals surface area contributed by atoms with E-state index < -0.39 is 11.2 Å². The maximum atomic E-state index is 10.9. The average Bonchev–Trinajstić information content (AvgIpc) is 2.39. The van der Waals surface area contributed by atoms with Crippen LogP contribution in [-0.4, -0.2) is 23.9 Å². The first-order valence-corrected chi connectivity index (χ1v) is 6.16. The zero-order chi connectivity index (χ0) is 14.3. The van der Waals surface area contributed by atoms with E-state index in [0.717, 1.165) is 6.08 Å². The van der Waals surface area contributed by atoms with Crippen LogP contribution in [0, 0.1) is 0 Å². The first-order valence-electron chi connectivity index (χ1n) is 5.78. The van der Waals surface area contributed by atoms with Crippen LogP contribution in [-0.2, 0) is 9.53 Å². The van der Waals surface area contributed by atoms with Gasteiger partial charge in [-0.25, -0.2) is 4.79 Å². The molecular formula is C14H15ClO4. The Morgan fingerprint density at radius 3 is 2.53 bits per heavy atom. The van der Waals surface area contributed by atoms with Crippen LogP contribution in [0.1, 0.15) is 23.7 Å². The Kier molecular flexibility index (Phi) is 6.09. The fourth-order valence-electron chi connectivity index (χ4n) is 1.33. The van der Waals surface area contributed by atoms with Gasteiger partial charge in [0, 0.05) is 18.1 Å². The largest absolute Gasteiger partial charge is 0.493 e. The van der Waals surface area contributed by atoms with Crippen molar-refractivity contribution in [1.29, 1.82) is 0 Å². The van der Waals surface area contributed by atoms with Crippen molar-refractivity contribution >= 4 is 22.8 Å². The number of carbonyl (C=O) groups excluding carboxylic acids is 2. The normalized spacial score (nSPS) is 11.5. The molecule has 1 aromatic carbocycles. The highest BCUT2D eigenvalue weighted by Gasteiger charge is 2.07. The summed E-state index contributed by atoms with van der Waals surface area (Å²) in [6.07, 6.45) is 1.45. The zero-order valence-corrected chi connectivity index (χ0v) is 11.4. The molecule has 0 amide bonds. The molecule has 5 heteroatoms. The summed E-state index contributed by atoms with van der Waals surface area (Å²) in [6, 6.07) is 6.50. The number of esters is 1. The van der Waals surface area contributed by atoms with Crippen LogP contribution in [0.25, 0.3) is 0 Å². The molecule has 0 aliphatic rings. The lowest BCUT2D eigenvalue weighted by atomic mass is 10.2. The van der Waals surface area contributed by atoms with Crippen LogP contribution >= 0.6 is 11.6 Å². The van der Waals surface area contributed by atoms with Gasteiger partial charge in [-0.1, -0.05) is 6.58 Å². The van der Waals surface area contributed by atoms with Gasteiger partial charge in [-0.3, -0.25) is 4.79 Å². The molecular weight excluding hydrogens is 268 g/mol. The van der Waals surface area contributed by atoms with Crippen LogP contribution < -0.4 is 4.74 Å². The summed E-state index contributed by atoms with van der Waals surface area (Å²) in [4.78, 5) is 21.8. The molecule has 19 heavy (non-hydrogen) atoms. The quantitative estimate of drug-likeness (QED) is 0.438. The molecule has 1 unspecified atom stereocenters. The summed E-state index contributed by atoms with van der Waals surface area (Å²) in [5.41, 5.74) is 0.419. The molecule has 1 rings (SSSR count). The van der Waals surface area contributed by atoms with E-state index in [9.17, 15) is 9.59 Å². The molecule has 1 aromatic rings. The molecule has 4 nitrogen and oxygen atoms in total. The molecule has 0 saturated heterocycles. The summed E-state index contributed by atoms with van der Waals surface area (Å²) >= 11 is 5.33. The number of carbonyl (C=O) groups is 2. The summed E-state index contributed by atoms with van der Waals surface area (Å²) in [5, 5.41) is -0.503. The molecule has 0 saturated carbocycles. The number of hydrogen-bond acceptors (Lipinski definition) is 4. The van der Waals surface area contributed by atoms with E-state index in [4.69, 9.17) is 21.1 Å². The Morgan fingerprint density at radius 2 is 2.00 bits per heavy atom. The van der Waals surface area contributed by atoms with Crippen molar-refractivity contribution in [2.75, 3.05) is 6.61 Å². The van der Waals surface area contributed by atoms with Crippen molar-refractivity contribution in [2.24, 2.45) is 0 Å². The Hall–Kier alpha value is -1.81. The molecule has 0 spiro atoms. The van der Waals surface area contributed by atoms with Crippen LogP contribution in [0.4, 0.5) is 0 Å². The third kappa shape index (κ3) is 5.57. The molecule has 0 fully saturated rings. The molecule has 0 radical (unpaired) electrons. The number of benzene rings is 1. The van der Waals surface area contributed by atoms with Crippen molar-refractivity contribution in [1.82, 2.24) is 0 Å². The number of hydrogen-bond donors (Lipinski definition) is 0. The Balaban J connectivity index is 2.34. The van der Waals surface area contributed by atoms with E-state index in [1.807, 2.05) is 0 Å². The molecule has 0 heterocycles. The summed E-state index contributed by atoms with van der Waals surface area (Å²) in [7, 11) is 0. The third-order valence-corrected chi connectivity index (χ3v) is 2.58. The van der Waals surface area contributed by atoms with Crippen molar-refractivity contribution in [3.63, 3.8) is 0 Å². The number of halogens is 1. The number of rotatable bonds is 7. The second-order valence-corrected chi connectivity index (χ2v) is 4.23. The Labute approximate surface area is 117 Å². The van der Waals surface area contributed by atoms with Crippen molar-refractivity contribution in [2.45, 2.75) is 19.4 Å². The van der Waals surface area contributed by atoms with Gasteiger partial charge >= 0.3 is 5.97 Å². The molecule has 0 N–H and O–H groups in total. The van der Waals surface area contributed by atoms with E-state index >= 15 is 0 Å². The van der Waals surface area contributed by atoms with Gasteiger partial charge in [-0.2, -0.15) is 0 Å². The smallest absolute Gasteiger partial charge is 0.330 e. The van der Waals surface area contributed by atoms with Crippen molar-refractivity contribution in [3.05, 3.63) is 42.5 Å². The van der Waals surface area contributed by atoms with Crippen LogP contribution in [0.2, 0.25) is 0 Å². The first-order chi connectivity index (χ1) is 9.02. The van der Waals surface area contributed by atoms with E-state index in [2.05, 4.69) is 6.58 Å². The fourth-order valence-corrected chi connectivity index (χ4v) is 1.46. The minimum absolute atomic E-state index is 0.241. The molecule has 0 aliphatic heterocycles. The maximum absolute atomic E-state index is 10.9. The summed E-state index contributed by atoms with van der Waals surface area (Å²) in [6.45, 7) is 5.50. The van der Waals surface area contributed by atoms with Gasteiger partial charge in [0.15, 0.2) is 0 Å². The first kappa shape index (κ1) is 15.2. The van der Waals surface area contributed by atoms with Gasteiger partial charge in [0.1, 0.15) is 11.9 Å². The van der Waals surface area contributed by atoms with Crippen LogP contribution in [0.3, 0.4) is 0 Å². The predicted octanol–water partition coefficient (Wildman–Crippen LogP) is 2.95. The molecule has 0 aromatic heterocycles. The second kappa shape index (κ2) is 7.59. The van der Waals surface area contributed by atoms with Gasteiger partial charge in [-0.15, -0.1) is 0 Å². The predicted molar refractivity (Wildman–Crippen MR) is 72.5 cm³/mol. The Bertz CT molecular complexity index is 453. The Morgan fingerprint density at radius 1 is 1.37 bits per heavy atom. The van der Waals surface area contributed by atoms with Gasteiger partial charge in [0.2, 0.25) is 0 Å². The van der Waals surface area contributed by atoms with E-state index in [-0.39, 0.29) is 6.10 Å². The van der Waals surface area contributed by atoms with Gasteiger partial charge in [0.25, 0.3) is 5.24 Å². The molecule has 0 bridgehead atoms. The lowest BCUT2D eigenvalue weighted by molar-refractivity contribution is -0.142. The highest BCUT2D eigenvalue weighted by Crippen LogP contribution is 2.14. The van der Waals surface area contributed by atoms with Gasteiger partial charge < -0.3 is 9.47 Å².